The molecule has 0 spiro atoms. The second kappa shape index (κ2) is 9.34. The Morgan fingerprint density at radius 1 is 1.33 bits per heavy atom. The molecule has 0 bridgehead atoms. The Kier molecular flexibility index (Phi) is 6.82. The van der Waals surface area contributed by atoms with Gasteiger partial charge in [-0.2, -0.15) is 5.26 Å². The minimum absolute atomic E-state index is 0. The zero-order valence-electron chi connectivity index (χ0n) is 16.6. The van der Waals surface area contributed by atoms with E-state index in [1.807, 2.05) is 12.1 Å². The number of phenolic OH excluding ortho intramolecular Hbond substituents is 1. The zero-order valence-corrected chi connectivity index (χ0v) is 18.2. The lowest BCUT2D eigenvalue weighted by Gasteiger charge is -2.35. The first-order valence-electron chi connectivity index (χ1n) is 9.42. The SMILES string of the molecule is CC(C)[C@H]1CN(c2ncc(-c3ccc(-c4nc(C#N)cs4)cc3O)nn2)CCN1.Cl. The van der Waals surface area contributed by atoms with Crippen LogP contribution in [0.1, 0.15) is 19.5 Å². The van der Waals surface area contributed by atoms with Crippen LogP contribution in [-0.2, 0) is 0 Å². The second-order valence-electron chi connectivity index (χ2n) is 7.28. The summed E-state index contributed by atoms with van der Waals surface area (Å²) in [5.41, 5.74) is 2.17. The van der Waals surface area contributed by atoms with Gasteiger partial charge in [0, 0.05) is 42.2 Å². The molecule has 0 amide bonds. The lowest BCUT2D eigenvalue weighted by Crippen LogP contribution is -2.53. The van der Waals surface area contributed by atoms with Crippen molar-refractivity contribution in [3.05, 3.63) is 35.5 Å². The quantitative estimate of drug-likeness (QED) is 0.632. The summed E-state index contributed by atoms with van der Waals surface area (Å²) < 4.78 is 0. The molecule has 0 unspecified atom stereocenters. The van der Waals surface area contributed by atoms with Crippen molar-refractivity contribution in [2.45, 2.75) is 19.9 Å². The molecule has 3 heterocycles. The number of phenols is 1. The number of nitriles is 1. The molecule has 2 N–H and O–H groups in total. The average molecular weight is 444 g/mol. The van der Waals surface area contributed by atoms with Gasteiger partial charge in [-0.15, -0.1) is 33.9 Å². The molecule has 0 saturated carbocycles. The monoisotopic (exact) mass is 443 g/mol. The molecule has 1 aliphatic heterocycles. The second-order valence-corrected chi connectivity index (χ2v) is 8.13. The fourth-order valence-electron chi connectivity index (χ4n) is 3.28. The number of piperazine rings is 1. The minimum Gasteiger partial charge on any atom is -0.507 e. The van der Waals surface area contributed by atoms with E-state index in [-0.39, 0.29) is 18.2 Å². The molecule has 1 saturated heterocycles. The van der Waals surface area contributed by atoms with Crippen molar-refractivity contribution in [1.29, 1.82) is 5.26 Å². The minimum atomic E-state index is 0. The van der Waals surface area contributed by atoms with Gasteiger partial charge in [0.1, 0.15) is 22.5 Å². The van der Waals surface area contributed by atoms with E-state index in [1.54, 1.807) is 23.7 Å². The van der Waals surface area contributed by atoms with Crippen LogP contribution in [0.2, 0.25) is 0 Å². The number of nitrogens with zero attached hydrogens (tertiary/aromatic N) is 6. The van der Waals surface area contributed by atoms with Gasteiger partial charge in [0.2, 0.25) is 5.95 Å². The van der Waals surface area contributed by atoms with Crippen LogP contribution in [0.4, 0.5) is 5.95 Å². The summed E-state index contributed by atoms with van der Waals surface area (Å²) in [6.07, 6.45) is 1.64. The van der Waals surface area contributed by atoms with E-state index in [0.717, 1.165) is 25.2 Å². The van der Waals surface area contributed by atoms with E-state index in [2.05, 4.69) is 44.2 Å². The molecule has 8 nitrogen and oxygen atoms in total. The average Bonchev–Trinajstić information content (AvgIpc) is 3.23. The number of rotatable bonds is 4. The van der Waals surface area contributed by atoms with E-state index < -0.39 is 0 Å². The molecule has 0 aliphatic carbocycles. The summed E-state index contributed by atoms with van der Waals surface area (Å²) in [7, 11) is 0. The van der Waals surface area contributed by atoms with Gasteiger partial charge in [0.25, 0.3) is 0 Å². The molecule has 4 rings (SSSR count). The molecule has 2 aromatic heterocycles. The van der Waals surface area contributed by atoms with Crippen LogP contribution < -0.4 is 10.2 Å². The standard InChI is InChI=1S/C20H21N7OS.ClH/c1-12(2)17-10-27(6-5-22-17)20-23-9-16(25-26-20)15-4-3-13(7-18(15)28)19-24-14(8-21)11-29-19;/h3-4,7,9,11-12,17,22,28H,5-6,10H2,1-2H3;1H/t17-;/m1./s1. The molecule has 0 radical (unpaired) electrons. The Balaban J connectivity index is 0.00000256. The third-order valence-electron chi connectivity index (χ3n) is 4.98. The van der Waals surface area contributed by atoms with E-state index in [0.29, 0.717) is 39.9 Å². The summed E-state index contributed by atoms with van der Waals surface area (Å²) in [5.74, 6) is 1.20. The summed E-state index contributed by atoms with van der Waals surface area (Å²) in [6, 6.07) is 7.64. The van der Waals surface area contributed by atoms with Gasteiger partial charge in [-0.3, -0.25) is 0 Å². The van der Waals surface area contributed by atoms with Crippen molar-refractivity contribution in [1.82, 2.24) is 25.5 Å². The summed E-state index contributed by atoms with van der Waals surface area (Å²) in [5, 5.41) is 33.9. The highest BCUT2D eigenvalue weighted by atomic mass is 35.5. The van der Waals surface area contributed by atoms with Crippen LogP contribution in [0.25, 0.3) is 21.8 Å². The molecule has 30 heavy (non-hydrogen) atoms. The summed E-state index contributed by atoms with van der Waals surface area (Å²) in [4.78, 5) is 10.8. The molecular weight excluding hydrogens is 422 g/mol. The van der Waals surface area contributed by atoms with E-state index in [4.69, 9.17) is 5.26 Å². The van der Waals surface area contributed by atoms with Crippen LogP contribution >= 0.6 is 23.7 Å². The fraction of sp³-hybridized carbons (Fsp3) is 0.350. The Bertz CT molecular complexity index is 1050. The van der Waals surface area contributed by atoms with Crippen molar-refractivity contribution in [2.24, 2.45) is 5.92 Å². The summed E-state index contributed by atoms with van der Waals surface area (Å²) in [6.45, 7) is 6.96. The van der Waals surface area contributed by atoms with Crippen molar-refractivity contribution in [3.8, 4) is 33.6 Å². The number of hydrogen-bond acceptors (Lipinski definition) is 9. The van der Waals surface area contributed by atoms with E-state index >= 15 is 0 Å². The Labute approximate surface area is 185 Å². The predicted molar refractivity (Wildman–Crippen MR) is 119 cm³/mol. The Hall–Kier alpha value is -2.80. The summed E-state index contributed by atoms with van der Waals surface area (Å²) >= 11 is 1.36. The first kappa shape index (κ1) is 21.9. The van der Waals surface area contributed by atoms with Gasteiger partial charge in [-0.25, -0.2) is 9.97 Å². The molecule has 1 fully saturated rings. The maximum atomic E-state index is 10.5. The van der Waals surface area contributed by atoms with Crippen LogP contribution in [0.3, 0.4) is 0 Å². The first-order chi connectivity index (χ1) is 14.0. The number of hydrogen-bond donors (Lipinski definition) is 2. The highest BCUT2D eigenvalue weighted by molar-refractivity contribution is 7.13. The highest BCUT2D eigenvalue weighted by Crippen LogP contribution is 2.33. The number of thiazole rings is 1. The van der Waals surface area contributed by atoms with Crippen molar-refractivity contribution in [3.63, 3.8) is 0 Å². The maximum Gasteiger partial charge on any atom is 0.245 e. The van der Waals surface area contributed by atoms with Crippen LogP contribution in [0, 0.1) is 17.2 Å². The van der Waals surface area contributed by atoms with Crippen LogP contribution in [0.5, 0.6) is 5.75 Å². The maximum absolute atomic E-state index is 10.5. The largest absolute Gasteiger partial charge is 0.507 e. The van der Waals surface area contributed by atoms with Gasteiger partial charge in [0.05, 0.1) is 6.20 Å². The van der Waals surface area contributed by atoms with Gasteiger partial charge in [-0.1, -0.05) is 19.9 Å². The lowest BCUT2D eigenvalue weighted by atomic mass is 10.0. The molecule has 1 atom stereocenters. The first-order valence-corrected chi connectivity index (χ1v) is 10.3. The van der Waals surface area contributed by atoms with Crippen LogP contribution in [-0.4, -0.2) is 50.9 Å². The lowest BCUT2D eigenvalue weighted by molar-refractivity contribution is 0.365. The van der Waals surface area contributed by atoms with Crippen molar-refractivity contribution < 1.29 is 5.11 Å². The molecule has 10 heteroatoms. The van der Waals surface area contributed by atoms with E-state index in [9.17, 15) is 5.11 Å². The molecule has 3 aromatic rings. The smallest absolute Gasteiger partial charge is 0.245 e. The molecule has 156 valence electrons. The number of aromatic hydroxyl groups is 1. The van der Waals surface area contributed by atoms with Gasteiger partial charge < -0.3 is 15.3 Å². The number of benzene rings is 1. The number of halogens is 1. The van der Waals surface area contributed by atoms with E-state index in [1.165, 1.54) is 11.3 Å². The number of nitrogens with one attached hydrogen (secondary N) is 1. The Morgan fingerprint density at radius 2 is 2.17 bits per heavy atom. The zero-order chi connectivity index (χ0) is 20.4. The molecular formula is C20H22ClN7OS. The number of anilines is 1. The fourth-order valence-corrected chi connectivity index (χ4v) is 4.03. The van der Waals surface area contributed by atoms with Gasteiger partial charge in [0.15, 0.2) is 5.69 Å². The van der Waals surface area contributed by atoms with Crippen molar-refractivity contribution in [2.75, 3.05) is 24.5 Å². The predicted octanol–water partition coefficient (Wildman–Crippen LogP) is 3.10. The van der Waals surface area contributed by atoms with Crippen LogP contribution in [0.15, 0.2) is 29.8 Å². The third kappa shape index (κ3) is 4.51. The van der Waals surface area contributed by atoms with Crippen molar-refractivity contribution >= 4 is 29.7 Å². The molecule has 1 aliphatic rings. The topological polar surface area (TPSA) is 111 Å². The molecule has 1 aromatic carbocycles. The van der Waals surface area contributed by atoms with Gasteiger partial charge >= 0.3 is 0 Å². The third-order valence-corrected chi connectivity index (χ3v) is 5.87. The number of aromatic nitrogens is 4. The normalized spacial score (nSPS) is 16.2. The Morgan fingerprint density at radius 3 is 2.80 bits per heavy atom. The highest BCUT2D eigenvalue weighted by Gasteiger charge is 2.23. The van der Waals surface area contributed by atoms with Gasteiger partial charge in [-0.05, 0) is 18.1 Å².